The zero-order valence-corrected chi connectivity index (χ0v) is 20.4. The van der Waals surface area contributed by atoms with E-state index >= 15 is 0 Å². The van der Waals surface area contributed by atoms with E-state index in [1.54, 1.807) is 61.5 Å². The molecule has 0 fully saturated rings. The van der Waals surface area contributed by atoms with Crippen molar-refractivity contribution in [2.45, 2.75) is 45.8 Å². The number of sulfonamides is 1. The number of nitrogens with one attached hydrogen (secondary N) is 1. The van der Waals surface area contributed by atoms with Gasteiger partial charge in [-0.15, -0.1) is 0 Å². The smallest absolute Gasteiger partial charge is 0.244 e. The molecule has 0 aliphatic rings. The molecule has 9 heteroatoms. The Morgan fingerprint density at radius 3 is 2.28 bits per heavy atom. The molecule has 0 aliphatic carbocycles. The van der Waals surface area contributed by atoms with E-state index in [-0.39, 0.29) is 18.5 Å². The summed E-state index contributed by atoms with van der Waals surface area (Å²) in [6.45, 7) is 5.15. The van der Waals surface area contributed by atoms with Crippen molar-refractivity contribution in [2.75, 3.05) is 17.1 Å². The lowest BCUT2D eigenvalue weighted by molar-refractivity contribution is -0.139. The monoisotopic (exact) mass is 479 g/mol. The van der Waals surface area contributed by atoms with Gasteiger partial charge in [0, 0.05) is 17.6 Å². The predicted molar refractivity (Wildman–Crippen MR) is 128 cm³/mol. The predicted octanol–water partition coefficient (Wildman–Crippen LogP) is 3.44. The number of hydrogen-bond donors (Lipinski definition) is 1. The van der Waals surface area contributed by atoms with Crippen molar-refractivity contribution in [3.63, 3.8) is 0 Å². The van der Waals surface area contributed by atoms with Crippen LogP contribution >= 0.6 is 11.6 Å². The van der Waals surface area contributed by atoms with Gasteiger partial charge >= 0.3 is 0 Å². The Morgan fingerprint density at radius 2 is 1.72 bits per heavy atom. The largest absolute Gasteiger partial charge is 0.352 e. The molecule has 0 radical (unpaired) electrons. The molecule has 2 amide bonds. The van der Waals surface area contributed by atoms with E-state index in [1.165, 1.54) is 4.90 Å². The van der Waals surface area contributed by atoms with Crippen LogP contribution in [0.15, 0.2) is 54.6 Å². The first kappa shape index (κ1) is 25.7. The van der Waals surface area contributed by atoms with E-state index in [2.05, 4.69) is 5.32 Å². The van der Waals surface area contributed by atoms with Crippen LogP contribution in [0.5, 0.6) is 0 Å². The van der Waals surface area contributed by atoms with Crippen LogP contribution in [-0.2, 0) is 26.2 Å². The van der Waals surface area contributed by atoms with Gasteiger partial charge < -0.3 is 10.2 Å². The lowest BCUT2D eigenvalue weighted by Gasteiger charge is -2.32. The minimum atomic E-state index is -3.73. The molecule has 32 heavy (non-hydrogen) atoms. The van der Waals surface area contributed by atoms with E-state index in [4.69, 9.17) is 11.6 Å². The summed E-state index contributed by atoms with van der Waals surface area (Å²) in [6.07, 6.45) is 1.80. The zero-order chi connectivity index (χ0) is 23.9. The van der Waals surface area contributed by atoms with Gasteiger partial charge in [0.2, 0.25) is 21.8 Å². The third-order valence-electron chi connectivity index (χ3n) is 5.13. The van der Waals surface area contributed by atoms with Crippen molar-refractivity contribution in [1.82, 2.24) is 10.2 Å². The molecule has 0 saturated heterocycles. The molecule has 0 aromatic heterocycles. The first-order chi connectivity index (χ1) is 15.0. The molecule has 0 aliphatic heterocycles. The highest BCUT2D eigenvalue weighted by molar-refractivity contribution is 7.92. The first-order valence-corrected chi connectivity index (χ1v) is 12.6. The second-order valence-corrected chi connectivity index (χ2v) is 10.1. The van der Waals surface area contributed by atoms with Gasteiger partial charge in [0.15, 0.2) is 0 Å². The lowest BCUT2D eigenvalue weighted by atomic mass is 10.1. The molecule has 0 saturated carbocycles. The van der Waals surface area contributed by atoms with Crippen molar-refractivity contribution < 1.29 is 18.0 Å². The second-order valence-electron chi connectivity index (χ2n) is 7.75. The molecule has 0 heterocycles. The summed E-state index contributed by atoms with van der Waals surface area (Å²) < 4.78 is 25.9. The fourth-order valence-electron chi connectivity index (χ4n) is 3.09. The van der Waals surface area contributed by atoms with Gasteiger partial charge in [-0.3, -0.25) is 13.9 Å². The quantitative estimate of drug-likeness (QED) is 0.565. The van der Waals surface area contributed by atoms with Crippen LogP contribution in [0.2, 0.25) is 5.02 Å². The normalized spacial score (nSPS) is 13.2. The average molecular weight is 480 g/mol. The molecular formula is C23H30ClN3O4S. The zero-order valence-electron chi connectivity index (χ0n) is 18.8. The molecule has 0 unspecified atom stereocenters. The third-order valence-corrected chi connectivity index (χ3v) is 6.51. The van der Waals surface area contributed by atoms with Gasteiger partial charge in [0.1, 0.15) is 12.6 Å². The number of amides is 2. The van der Waals surface area contributed by atoms with Crippen LogP contribution in [0.3, 0.4) is 0 Å². The number of carbonyl (C=O) groups excluding carboxylic acids is 2. The Hall–Kier alpha value is -2.58. The number of rotatable bonds is 10. The van der Waals surface area contributed by atoms with Crippen molar-refractivity contribution in [3.05, 3.63) is 65.2 Å². The number of nitrogens with zero attached hydrogens (tertiary/aromatic N) is 2. The molecule has 174 valence electrons. The maximum Gasteiger partial charge on any atom is 0.244 e. The number of para-hydroxylation sites is 1. The van der Waals surface area contributed by atoms with Crippen molar-refractivity contribution in [2.24, 2.45) is 0 Å². The lowest BCUT2D eigenvalue weighted by Crippen LogP contribution is -2.52. The Kier molecular flexibility index (Phi) is 9.09. The standard InChI is InChI=1S/C23H30ClN3O4S/c1-5-17(2)25-23(29)18(3)26(15-19-10-9-11-20(24)14-19)22(28)16-27(32(4,30)31)21-12-7-6-8-13-21/h6-14,17-18H,5,15-16H2,1-4H3,(H,25,29)/t17-,18+/m0/s1. The van der Waals surface area contributed by atoms with E-state index in [0.717, 1.165) is 22.5 Å². The maximum absolute atomic E-state index is 13.4. The summed E-state index contributed by atoms with van der Waals surface area (Å²) in [4.78, 5) is 27.6. The Balaban J connectivity index is 2.36. The Labute approximate surface area is 195 Å². The average Bonchev–Trinajstić information content (AvgIpc) is 2.74. The summed E-state index contributed by atoms with van der Waals surface area (Å²) in [5, 5.41) is 3.39. The van der Waals surface area contributed by atoms with Crippen molar-refractivity contribution in [3.8, 4) is 0 Å². The summed E-state index contributed by atoms with van der Waals surface area (Å²) in [5.74, 6) is -0.800. The van der Waals surface area contributed by atoms with Crippen LogP contribution in [0, 0.1) is 0 Å². The highest BCUT2D eigenvalue weighted by Crippen LogP contribution is 2.19. The summed E-state index contributed by atoms with van der Waals surface area (Å²) in [6, 6.07) is 14.5. The van der Waals surface area contributed by atoms with Crippen LogP contribution in [-0.4, -0.2) is 50.0 Å². The summed E-state index contributed by atoms with van der Waals surface area (Å²) in [7, 11) is -3.73. The van der Waals surface area contributed by atoms with Crippen LogP contribution in [0.4, 0.5) is 5.69 Å². The summed E-state index contributed by atoms with van der Waals surface area (Å²) >= 11 is 6.09. The van der Waals surface area contributed by atoms with Crippen LogP contribution in [0.1, 0.15) is 32.8 Å². The van der Waals surface area contributed by atoms with Crippen molar-refractivity contribution >= 4 is 39.1 Å². The molecule has 7 nitrogen and oxygen atoms in total. The van der Waals surface area contributed by atoms with Gasteiger partial charge in [-0.1, -0.05) is 48.9 Å². The fraction of sp³-hybridized carbons (Fsp3) is 0.391. The fourth-order valence-corrected chi connectivity index (χ4v) is 4.15. The van der Waals surface area contributed by atoms with E-state index in [0.29, 0.717) is 10.7 Å². The Morgan fingerprint density at radius 1 is 1.06 bits per heavy atom. The Bertz CT molecular complexity index is 1030. The maximum atomic E-state index is 13.4. The molecule has 0 bridgehead atoms. The van der Waals surface area contributed by atoms with Gasteiger partial charge in [0.25, 0.3) is 0 Å². The molecule has 2 aromatic rings. The number of benzene rings is 2. The minimum absolute atomic E-state index is 0.0510. The number of halogens is 1. The molecule has 1 N–H and O–H groups in total. The van der Waals surface area contributed by atoms with Gasteiger partial charge in [-0.25, -0.2) is 8.42 Å². The number of carbonyl (C=O) groups is 2. The number of hydrogen-bond acceptors (Lipinski definition) is 4. The molecule has 2 rings (SSSR count). The van der Waals surface area contributed by atoms with Crippen LogP contribution in [0.25, 0.3) is 0 Å². The molecule has 0 spiro atoms. The first-order valence-electron chi connectivity index (χ1n) is 10.4. The van der Waals surface area contributed by atoms with Gasteiger partial charge in [0.05, 0.1) is 11.9 Å². The van der Waals surface area contributed by atoms with E-state index in [9.17, 15) is 18.0 Å². The van der Waals surface area contributed by atoms with Crippen molar-refractivity contribution in [1.29, 1.82) is 0 Å². The molecular weight excluding hydrogens is 450 g/mol. The van der Waals surface area contributed by atoms with Crippen LogP contribution < -0.4 is 9.62 Å². The topological polar surface area (TPSA) is 86.8 Å². The summed E-state index contributed by atoms with van der Waals surface area (Å²) in [5.41, 5.74) is 1.11. The third kappa shape index (κ3) is 7.24. The van der Waals surface area contributed by atoms with E-state index in [1.807, 2.05) is 13.8 Å². The van der Waals surface area contributed by atoms with Gasteiger partial charge in [-0.05, 0) is 50.1 Å². The van der Waals surface area contributed by atoms with E-state index < -0.39 is 28.5 Å². The second kappa shape index (κ2) is 11.3. The van der Waals surface area contributed by atoms with Gasteiger partial charge in [-0.2, -0.15) is 0 Å². The molecule has 2 aromatic carbocycles. The highest BCUT2D eigenvalue weighted by Gasteiger charge is 2.30. The SMILES string of the molecule is CC[C@H](C)NC(=O)[C@@H](C)N(Cc1cccc(Cl)c1)C(=O)CN(c1ccccc1)S(C)(=O)=O. The minimum Gasteiger partial charge on any atom is -0.352 e. The number of anilines is 1. The molecule has 2 atom stereocenters. The highest BCUT2D eigenvalue weighted by atomic mass is 35.5.